The van der Waals surface area contributed by atoms with Gasteiger partial charge in [-0.3, -0.25) is 10.2 Å². The first-order chi connectivity index (χ1) is 17.2. The van der Waals surface area contributed by atoms with E-state index < -0.39 is 9.84 Å². The number of nitrogens with zero attached hydrogens (tertiary/aromatic N) is 1. The first-order valence-electron chi connectivity index (χ1n) is 12.3. The first kappa shape index (κ1) is 25.6. The highest BCUT2D eigenvalue weighted by Gasteiger charge is 2.26. The molecule has 7 heteroatoms. The molecule has 0 unspecified atom stereocenters. The van der Waals surface area contributed by atoms with E-state index >= 15 is 0 Å². The lowest BCUT2D eigenvalue weighted by molar-refractivity contribution is -0.134. The Bertz CT molecular complexity index is 1340. The van der Waals surface area contributed by atoms with E-state index in [0.717, 1.165) is 42.4 Å². The van der Waals surface area contributed by atoms with Crippen molar-refractivity contribution in [2.75, 3.05) is 6.26 Å². The van der Waals surface area contributed by atoms with E-state index in [9.17, 15) is 13.2 Å². The molecule has 3 aromatic rings. The van der Waals surface area contributed by atoms with Crippen LogP contribution in [0.2, 0.25) is 0 Å². The van der Waals surface area contributed by atoms with E-state index in [1.807, 2.05) is 59.5 Å². The van der Waals surface area contributed by atoms with Gasteiger partial charge < -0.3 is 10.6 Å². The smallest absolute Gasteiger partial charge is 0.227 e. The lowest BCUT2D eigenvalue weighted by Gasteiger charge is -2.35. The van der Waals surface area contributed by atoms with Crippen molar-refractivity contribution in [1.82, 2.24) is 4.90 Å². The third-order valence-corrected chi connectivity index (χ3v) is 7.99. The lowest BCUT2D eigenvalue weighted by Crippen LogP contribution is -2.41. The van der Waals surface area contributed by atoms with Gasteiger partial charge in [-0.05, 0) is 41.7 Å². The Morgan fingerprint density at radius 1 is 0.944 bits per heavy atom. The van der Waals surface area contributed by atoms with E-state index in [1.165, 1.54) is 12.7 Å². The third-order valence-electron chi connectivity index (χ3n) is 6.83. The molecule has 1 aliphatic rings. The van der Waals surface area contributed by atoms with Crippen LogP contribution < -0.4 is 5.73 Å². The van der Waals surface area contributed by atoms with Crippen LogP contribution in [-0.4, -0.2) is 37.4 Å². The van der Waals surface area contributed by atoms with E-state index in [-0.39, 0.29) is 24.2 Å². The molecule has 0 saturated heterocycles. The Balaban J connectivity index is 1.55. The molecule has 4 rings (SSSR count). The van der Waals surface area contributed by atoms with Crippen LogP contribution in [0.25, 0.3) is 11.1 Å². The molecule has 3 N–H and O–H groups in total. The molecule has 1 amide bonds. The highest BCUT2D eigenvalue weighted by molar-refractivity contribution is 7.90. The molecule has 0 aliphatic heterocycles. The number of amides is 1. The number of rotatable bonds is 8. The molecule has 0 aromatic heterocycles. The van der Waals surface area contributed by atoms with Crippen molar-refractivity contribution in [3.8, 4) is 11.1 Å². The summed E-state index contributed by atoms with van der Waals surface area (Å²) < 4.78 is 24.4. The minimum absolute atomic E-state index is 0.0185. The molecule has 188 valence electrons. The Morgan fingerprint density at radius 2 is 1.64 bits per heavy atom. The van der Waals surface area contributed by atoms with Crippen molar-refractivity contribution in [2.45, 2.75) is 56.0 Å². The number of sulfone groups is 1. The molecule has 36 heavy (non-hydrogen) atoms. The molecule has 0 heterocycles. The number of nitrogen functional groups attached to an aromatic ring is 1. The Hall–Kier alpha value is -3.45. The SMILES string of the molecule is CS(=O)(=O)c1ccccc1-c1ccc(CC(=O)N(Cc2cccc(C(=N)N)c2)C2CCCCC2)cc1. The standard InChI is InChI=1S/C29H33N3O3S/c1-36(34,35)27-13-6-5-12-26(27)23-16-14-21(15-17-23)19-28(33)32(25-10-3-2-4-11-25)20-22-8-7-9-24(18-22)29(30)31/h5-9,12-18,25H,2-4,10-11,19-20H2,1H3,(H3,30,31). The fraction of sp³-hybridized carbons (Fsp3) is 0.310. The van der Waals surface area contributed by atoms with Gasteiger partial charge in [0.05, 0.1) is 11.3 Å². The van der Waals surface area contributed by atoms with Crippen LogP contribution in [0, 0.1) is 5.41 Å². The summed E-state index contributed by atoms with van der Waals surface area (Å²) in [7, 11) is -3.35. The van der Waals surface area contributed by atoms with Crippen LogP contribution >= 0.6 is 0 Å². The average molecular weight is 504 g/mol. The normalized spacial score (nSPS) is 14.4. The zero-order valence-electron chi connectivity index (χ0n) is 20.6. The van der Waals surface area contributed by atoms with Crippen molar-refractivity contribution >= 4 is 21.6 Å². The topological polar surface area (TPSA) is 104 Å². The molecule has 0 spiro atoms. The molecule has 6 nitrogen and oxygen atoms in total. The molecular formula is C29H33N3O3S. The number of amidine groups is 1. The van der Waals surface area contributed by atoms with Crippen molar-refractivity contribution in [3.63, 3.8) is 0 Å². The molecule has 3 aromatic carbocycles. The maximum Gasteiger partial charge on any atom is 0.227 e. The summed E-state index contributed by atoms with van der Waals surface area (Å²) in [6.45, 7) is 0.491. The van der Waals surface area contributed by atoms with Gasteiger partial charge in [0, 0.05) is 30.0 Å². The predicted molar refractivity (Wildman–Crippen MR) is 144 cm³/mol. The van der Waals surface area contributed by atoms with Gasteiger partial charge in [-0.25, -0.2) is 8.42 Å². The van der Waals surface area contributed by atoms with Gasteiger partial charge in [-0.15, -0.1) is 0 Å². The Morgan fingerprint density at radius 3 is 2.31 bits per heavy atom. The minimum atomic E-state index is -3.35. The van der Waals surface area contributed by atoms with Crippen LogP contribution in [0.15, 0.2) is 77.7 Å². The summed E-state index contributed by atoms with van der Waals surface area (Å²) in [5.41, 5.74) is 9.65. The summed E-state index contributed by atoms with van der Waals surface area (Å²) in [4.78, 5) is 15.8. The van der Waals surface area contributed by atoms with Gasteiger partial charge in [0.15, 0.2) is 9.84 Å². The maximum absolute atomic E-state index is 13.6. The number of hydrogen-bond acceptors (Lipinski definition) is 4. The Kier molecular flexibility index (Phi) is 7.89. The monoisotopic (exact) mass is 503 g/mol. The number of carbonyl (C=O) groups excluding carboxylic acids is 1. The fourth-order valence-electron chi connectivity index (χ4n) is 4.95. The van der Waals surface area contributed by atoms with Gasteiger partial charge in [-0.2, -0.15) is 0 Å². The van der Waals surface area contributed by atoms with Gasteiger partial charge in [0.25, 0.3) is 0 Å². The minimum Gasteiger partial charge on any atom is -0.384 e. The molecular weight excluding hydrogens is 470 g/mol. The van der Waals surface area contributed by atoms with E-state index in [2.05, 4.69) is 0 Å². The van der Waals surface area contributed by atoms with Crippen molar-refractivity contribution in [2.24, 2.45) is 5.73 Å². The molecule has 0 radical (unpaired) electrons. The largest absolute Gasteiger partial charge is 0.384 e. The highest BCUT2D eigenvalue weighted by atomic mass is 32.2. The van der Waals surface area contributed by atoms with Gasteiger partial charge in [0.2, 0.25) is 5.91 Å². The summed E-state index contributed by atoms with van der Waals surface area (Å²) in [6, 6.07) is 22.3. The average Bonchev–Trinajstić information content (AvgIpc) is 2.88. The highest BCUT2D eigenvalue weighted by Crippen LogP contribution is 2.28. The first-order valence-corrected chi connectivity index (χ1v) is 14.2. The van der Waals surface area contributed by atoms with Gasteiger partial charge in [-0.1, -0.05) is 79.9 Å². The number of nitrogens with two attached hydrogens (primary N) is 1. The van der Waals surface area contributed by atoms with Gasteiger partial charge >= 0.3 is 0 Å². The second-order valence-electron chi connectivity index (χ2n) is 9.57. The number of benzene rings is 3. The molecule has 1 saturated carbocycles. The second kappa shape index (κ2) is 11.1. The van der Waals surface area contributed by atoms with Crippen LogP contribution in [0.3, 0.4) is 0 Å². The van der Waals surface area contributed by atoms with Crippen molar-refractivity contribution < 1.29 is 13.2 Å². The number of hydrogen-bond donors (Lipinski definition) is 2. The zero-order valence-corrected chi connectivity index (χ0v) is 21.4. The van der Waals surface area contributed by atoms with Crippen LogP contribution in [0.1, 0.15) is 48.8 Å². The summed E-state index contributed by atoms with van der Waals surface area (Å²) in [6.07, 6.45) is 6.93. The van der Waals surface area contributed by atoms with Gasteiger partial charge in [0.1, 0.15) is 5.84 Å². The molecule has 1 fully saturated rings. The van der Waals surface area contributed by atoms with Crippen molar-refractivity contribution in [1.29, 1.82) is 5.41 Å². The fourth-order valence-corrected chi connectivity index (χ4v) is 5.87. The quantitative estimate of drug-likeness (QED) is 0.335. The number of carbonyl (C=O) groups is 1. The maximum atomic E-state index is 13.6. The zero-order chi connectivity index (χ0) is 25.7. The summed E-state index contributed by atoms with van der Waals surface area (Å²) in [5, 5.41) is 7.73. The summed E-state index contributed by atoms with van der Waals surface area (Å²) >= 11 is 0. The Labute approximate surface area is 213 Å². The van der Waals surface area contributed by atoms with E-state index in [0.29, 0.717) is 22.6 Å². The van der Waals surface area contributed by atoms with Crippen molar-refractivity contribution in [3.05, 3.63) is 89.5 Å². The predicted octanol–water partition coefficient (Wildman–Crippen LogP) is 4.95. The lowest BCUT2D eigenvalue weighted by atomic mass is 9.93. The van der Waals surface area contributed by atoms with Crippen LogP contribution in [-0.2, 0) is 27.6 Å². The second-order valence-corrected chi connectivity index (χ2v) is 11.6. The molecule has 0 atom stereocenters. The summed E-state index contributed by atoms with van der Waals surface area (Å²) in [5.74, 6) is 0.0874. The molecule has 1 aliphatic carbocycles. The van der Waals surface area contributed by atoms with Crippen LogP contribution in [0.4, 0.5) is 0 Å². The molecule has 0 bridgehead atoms. The van der Waals surface area contributed by atoms with E-state index in [1.54, 1.807) is 18.2 Å². The van der Waals surface area contributed by atoms with E-state index in [4.69, 9.17) is 11.1 Å². The number of nitrogens with one attached hydrogen (secondary N) is 1. The third kappa shape index (κ3) is 6.21. The van der Waals surface area contributed by atoms with Crippen LogP contribution in [0.5, 0.6) is 0 Å².